The molecule has 3 aromatic rings. The molecule has 7 heteroatoms. The van der Waals surface area contributed by atoms with Gasteiger partial charge in [0.2, 0.25) is 5.91 Å². The van der Waals surface area contributed by atoms with Gasteiger partial charge in [-0.3, -0.25) is 9.59 Å². The Hall–Kier alpha value is -3.74. The highest BCUT2D eigenvalue weighted by molar-refractivity contribution is 5.97. The van der Waals surface area contributed by atoms with Gasteiger partial charge >= 0.3 is 5.97 Å². The summed E-state index contributed by atoms with van der Waals surface area (Å²) >= 11 is 0. The van der Waals surface area contributed by atoms with Crippen LogP contribution in [0.3, 0.4) is 0 Å². The van der Waals surface area contributed by atoms with Gasteiger partial charge in [-0.25, -0.2) is 9.78 Å². The van der Waals surface area contributed by atoms with Crippen molar-refractivity contribution in [1.82, 2.24) is 4.98 Å². The van der Waals surface area contributed by atoms with Gasteiger partial charge in [-0.05, 0) is 43.3 Å². The highest BCUT2D eigenvalue weighted by Crippen LogP contribution is 2.15. The minimum absolute atomic E-state index is 0.137. The van der Waals surface area contributed by atoms with E-state index >= 15 is 0 Å². The van der Waals surface area contributed by atoms with Gasteiger partial charge in [0, 0.05) is 23.7 Å². The standard InChI is InChI=1S/C21H19N3O4/c1-13(20(26)23-17-10-8-16(9-11-17)22-14(2)25)28-21(27)19-12-7-15-5-3-4-6-18(15)24-19/h3-13H,1-2H3,(H,22,25)(H,23,26)/t13-/m1/s1. The van der Waals surface area contributed by atoms with Gasteiger partial charge in [-0.15, -0.1) is 0 Å². The van der Waals surface area contributed by atoms with Crippen LogP contribution in [0.1, 0.15) is 24.3 Å². The van der Waals surface area contributed by atoms with E-state index in [1.54, 1.807) is 42.5 Å². The smallest absolute Gasteiger partial charge is 0.357 e. The van der Waals surface area contributed by atoms with Gasteiger partial charge in [0.15, 0.2) is 6.10 Å². The summed E-state index contributed by atoms with van der Waals surface area (Å²) in [5.74, 6) is -1.32. The third kappa shape index (κ3) is 4.70. The number of nitrogens with zero attached hydrogens (tertiary/aromatic N) is 1. The summed E-state index contributed by atoms with van der Waals surface area (Å²) in [4.78, 5) is 39.9. The normalized spacial score (nSPS) is 11.5. The number of pyridine rings is 1. The third-order valence-corrected chi connectivity index (χ3v) is 3.93. The maximum absolute atomic E-state index is 12.3. The quantitative estimate of drug-likeness (QED) is 0.665. The van der Waals surface area contributed by atoms with Crippen LogP contribution in [-0.4, -0.2) is 28.9 Å². The van der Waals surface area contributed by atoms with Crippen molar-refractivity contribution in [2.75, 3.05) is 10.6 Å². The summed E-state index contributed by atoms with van der Waals surface area (Å²) in [5.41, 5.74) is 1.95. The number of anilines is 2. The lowest BCUT2D eigenvalue weighted by molar-refractivity contribution is -0.123. The predicted molar refractivity (Wildman–Crippen MR) is 106 cm³/mol. The largest absolute Gasteiger partial charge is 0.448 e. The summed E-state index contributed by atoms with van der Waals surface area (Å²) in [7, 11) is 0. The molecule has 0 aliphatic heterocycles. The molecule has 7 nitrogen and oxygen atoms in total. The van der Waals surface area contributed by atoms with Crippen LogP contribution in [0.4, 0.5) is 11.4 Å². The second kappa shape index (κ2) is 8.30. The van der Waals surface area contributed by atoms with Crippen molar-refractivity contribution >= 4 is 40.1 Å². The van der Waals surface area contributed by atoms with Crippen LogP contribution >= 0.6 is 0 Å². The van der Waals surface area contributed by atoms with Crippen molar-refractivity contribution in [2.24, 2.45) is 0 Å². The molecule has 0 spiro atoms. The van der Waals surface area contributed by atoms with Crippen molar-refractivity contribution in [3.63, 3.8) is 0 Å². The minimum Gasteiger partial charge on any atom is -0.448 e. The first-order chi connectivity index (χ1) is 13.4. The molecule has 0 aliphatic rings. The molecule has 2 amide bonds. The fourth-order valence-electron chi connectivity index (χ4n) is 2.54. The zero-order valence-electron chi connectivity index (χ0n) is 15.4. The number of nitrogens with one attached hydrogen (secondary N) is 2. The SMILES string of the molecule is CC(=O)Nc1ccc(NC(=O)[C@@H](C)OC(=O)c2ccc3ccccc3n2)cc1. The Labute approximate surface area is 161 Å². The Morgan fingerprint density at radius 2 is 1.54 bits per heavy atom. The van der Waals surface area contributed by atoms with E-state index in [2.05, 4.69) is 15.6 Å². The molecule has 0 saturated carbocycles. The van der Waals surface area contributed by atoms with Gasteiger partial charge in [-0.2, -0.15) is 0 Å². The average molecular weight is 377 g/mol. The second-order valence-electron chi connectivity index (χ2n) is 6.18. The average Bonchev–Trinajstić information content (AvgIpc) is 2.68. The number of aromatic nitrogens is 1. The Bertz CT molecular complexity index is 1030. The third-order valence-electron chi connectivity index (χ3n) is 3.93. The Morgan fingerprint density at radius 1 is 0.893 bits per heavy atom. The first-order valence-electron chi connectivity index (χ1n) is 8.67. The van der Waals surface area contributed by atoms with Crippen molar-refractivity contribution in [1.29, 1.82) is 0 Å². The predicted octanol–water partition coefficient (Wildman–Crippen LogP) is 3.38. The first kappa shape index (κ1) is 19.0. The number of esters is 1. The molecule has 1 heterocycles. The Kier molecular flexibility index (Phi) is 5.64. The fraction of sp³-hybridized carbons (Fsp3) is 0.143. The van der Waals surface area contributed by atoms with Crippen LogP contribution in [0.2, 0.25) is 0 Å². The lowest BCUT2D eigenvalue weighted by Crippen LogP contribution is -2.30. The Balaban J connectivity index is 1.61. The van der Waals surface area contributed by atoms with Crippen molar-refractivity contribution in [3.05, 3.63) is 66.4 Å². The van der Waals surface area contributed by atoms with Crippen LogP contribution < -0.4 is 10.6 Å². The molecule has 0 radical (unpaired) electrons. The lowest BCUT2D eigenvalue weighted by Gasteiger charge is -2.14. The van der Waals surface area contributed by atoms with E-state index in [1.807, 2.05) is 18.2 Å². The summed E-state index contributed by atoms with van der Waals surface area (Å²) in [6.07, 6.45) is -1.00. The van der Waals surface area contributed by atoms with E-state index in [0.29, 0.717) is 16.9 Å². The fourth-order valence-corrected chi connectivity index (χ4v) is 2.54. The van der Waals surface area contributed by atoms with Gasteiger partial charge in [0.25, 0.3) is 5.91 Å². The maximum atomic E-state index is 12.3. The van der Waals surface area contributed by atoms with E-state index in [-0.39, 0.29) is 11.6 Å². The molecule has 2 aromatic carbocycles. The number of rotatable bonds is 5. The topological polar surface area (TPSA) is 97.4 Å². The molecule has 142 valence electrons. The first-order valence-corrected chi connectivity index (χ1v) is 8.67. The number of carbonyl (C=O) groups excluding carboxylic acids is 3. The van der Waals surface area contributed by atoms with Crippen molar-refractivity contribution in [2.45, 2.75) is 20.0 Å². The van der Waals surface area contributed by atoms with E-state index < -0.39 is 18.0 Å². The van der Waals surface area contributed by atoms with Crippen molar-refractivity contribution in [3.8, 4) is 0 Å². The summed E-state index contributed by atoms with van der Waals surface area (Å²) in [6, 6.07) is 17.4. The second-order valence-corrected chi connectivity index (χ2v) is 6.18. The van der Waals surface area contributed by atoms with Crippen LogP contribution in [0, 0.1) is 0 Å². The number of amides is 2. The van der Waals surface area contributed by atoms with E-state index in [1.165, 1.54) is 13.8 Å². The number of carbonyl (C=O) groups is 3. The van der Waals surface area contributed by atoms with Crippen LogP contribution in [0.15, 0.2) is 60.7 Å². The molecule has 28 heavy (non-hydrogen) atoms. The molecule has 0 aliphatic carbocycles. The van der Waals surface area contributed by atoms with Gasteiger partial charge in [0.05, 0.1) is 5.52 Å². The molecule has 2 N–H and O–H groups in total. The molecular weight excluding hydrogens is 358 g/mol. The number of hydrogen-bond donors (Lipinski definition) is 2. The number of fused-ring (bicyclic) bond motifs is 1. The molecule has 0 saturated heterocycles. The van der Waals surface area contributed by atoms with Gasteiger partial charge in [-0.1, -0.05) is 24.3 Å². The lowest BCUT2D eigenvalue weighted by atomic mass is 10.2. The number of para-hydroxylation sites is 1. The Morgan fingerprint density at radius 3 is 2.21 bits per heavy atom. The summed E-state index contributed by atoms with van der Waals surface area (Å²) in [5, 5.41) is 6.21. The molecule has 0 bridgehead atoms. The molecule has 0 fully saturated rings. The summed E-state index contributed by atoms with van der Waals surface area (Å²) < 4.78 is 5.23. The van der Waals surface area contributed by atoms with Crippen LogP contribution in [0.5, 0.6) is 0 Å². The summed E-state index contributed by atoms with van der Waals surface area (Å²) in [6.45, 7) is 2.90. The number of hydrogen-bond acceptors (Lipinski definition) is 5. The molecule has 3 rings (SSSR count). The van der Waals surface area contributed by atoms with Crippen LogP contribution in [-0.2, 0) is 14.3 Å². The zero-order chi connectivity index (χ0) is 20.1. The molecule has 1 aromatic heterocycles. The van der Waals surface area contributed by atoms with Crippen LogP contribution in [0.25, 0.3) is 10.9 Å². The zero-order valence-corrected chi connectivity index (χ0v) is 15.4. The minimum atomic E-state index is -1.00. The van der Waals surface area contributed by atoms with Crippen molar-refractivity contribution < 1.29 is 19.1 Å². The highest BCUT2D eigenvalue weighted by atomic mass is 16.5. The van der Waals surface area contributed by atoms with Gasteiger partial charge in [0.1, 0.15) is 5.69 Å². The molecular formula is C21H19N3O4. The number of ether oxygens (including phenoxy) is 1. The van der Waals surface area contributed by atoms with E-state index in [0.717, 1.165) is 5.39 Å². The molecule has 0 unspecified atom stereocenters. The van der Waals surface area contributed by atoms with E-state index in [9.17, 15) is 14.4 Å². The maximum Gasteiger partial charge on any atom is 0.357 e. The van der Waals surface area contributed by atoms with E-state index in [4.69, 9.17) is 4.74 Å². The number of benzene rings is 2. The molecule has 1 atom stereocenters. The van der Waals surface area contributed by atoms with Gasteiger partial charge < -0.3 is 15.4 Å². The monoisotopic (exact) mass is 377 g/mol. The highest BCUT2D eigenvalue weighted by Gasteiger charge is 2.20.